The van der Waals surface area contributed by atoms with Gasteiger partial charge in [-0.2, -0.15) is 4.31 Å². The van der Waals surface area contributed by atoms with Crippen molar-refractivity contribution < 1.29 is 13.2 Å². The molecule has 0 spiro atoms. The molecule has 0 amide bonds. The summed E-state index contributed by atoms with van der Waals surface area (Å²) in [5.41, 5.74) is 0.769. The monoisotopic (exact) mass is 360 g/mol. The van der Waals surface area contributed by atoms with Crippen LogP contribution in [0.4, 0.5) is 5.69 Å². The van der Waals surface area contributed by atoms with Gasteiger partial charge < -0.3 is 10.1 Å². The molecule has 7 heteroatoms. The van der Waals surface area contributed by atoms with Gasteiger partial charge in [0.2, 0.25) is 10.0 Å². The summed E-state index contributed by atoms with van der Waals surface area (Å²) in [6.07, 6.45) is 2.21. The molecule has 0 aromatic heterocycles. The Morgan fingerprint density at radius 2 is 2.09 bits per heavy atom. The Hall–Kier alpha value is -0.820. The highest BCUT2D eigenvalue weighted by atomic mass is 35.5. The molecule has 0 aliphatic carbocycles. The lowest BCUT2D eigenvalue weighted by molar-refractivity contribution is 0.0595. The summed E-state index contributed by atoms with van der Waals surface area (Å²) in [5, 5.41) is 3.56. The van der Waals surface area contributed by atoms with Gasteiger partial charge in [-0.05, 0) is 37.0 Å². The first kappa shape index (κ1) is 18.5. The van der Waals surface area contributed by atoms with Crippen LogP contribution in [0.15, 0.2) is 23.1 Å². The van der Waals surface area contributed by atoms with E-state index in [9.17, 15) is 8.42 Å². The summed E-state index contributed by atoms with van der Waals surface area (Å²) in [6.45, 7) is 6.85. The number of hydrogen-bond donors (Lipinski definition) is 1. The molecule has 0 bridgehead atoms. The maximum absolute atomic E-state index is 12.7. The number of benzene rings is 1. The van der Waals surface area contributed by atoms with Gasteiger partial charge in [0.15, 0.2) is 0 Å². The molecule has 1 unspecified atom stereocenters. The Balaban J connectivity index is 2.15. The van der Waals surface area contributed by atoms with Crippen LogP contribution in [0.5, 0.6) is 0 Å². The Bertz CT molecular complexity index is 612. The van der Waals surface area contributed by atoms with Gasteiger partial charge in [-0.15, -0.1) is 0 Å². The zero-order chi connectivity index (χ0) is 16.9. The van der Waals surface area contributed by atoms with Gasteiger partial charge in [0.1, 0.15) is 4.90 Å². The van der Waals surface area contributed by atoms with Crippen LogP contribution in [0.2, 0.25) is 5.02 Å². The highest BCUT2D eigenvalue weighted by Gasteiger charge is 2.24. The van der Waals surface area contributed by atoms with Crippen LogP contribution < -0.4 is 5.32 Å². The van der Waals surface area contributed by atoms with Crippen molar-refractivity contribution in [2.45, 2.75) is 31.6 Å². The fraction of sp³-hybridized carbons (Fsp3) is 0.625. The highest BCUT2D eigenvalue weighted by molar-refractivity contribution is 7.89. The third-order valence-electron chi connectivity index (χ3n) is 4.10. The van der Waals surface area contributed by atoms with Crippen LogP contribution in [0.1, 0.15) is 26.7 Å². The van der Waals surface area contributed by atoms with E-state index in [1.54, 1.807) is 12.1 Å². The number of sulfonamides is 1. The van der Waals surface area contributed by atoms with Crippen LogP contribution in [0.25, 0.3) is 0 Å². The molecule has 1 aliphatic heterocycles. The van der Waals surface area contributed by atoms with Crippen molar-refractivity contribution in [2.24, 2.45) is 5.92 Å². The minimum absolute atomic E-state index is 0.160. The molecule has 23 heavy (non-hydrogen) atoms. The number of nitrogens with one attached hydrogen (secondary N) is 1. The number of hydrogen-bond acceptors (Lipinski definition) is 4. The summed E-state index contributed by atoms with van der Waals surface area (Å²) in [6, 6.07) is 5.07. The lowest BCUT2D eigenvalue weighted by atomic mass is 10.0. The van der Waals surface area contributed by atoms with Crippen LogP contribution in [-0.2, 0) is 14.8 Å². The van der Waals surface area contributed by atoms with Gasteiger partial charge in [0.05, 0.1) is 11.6 Å². The zero-order valence-electron chi connectivity index (χ0n) is 13.7. The third-order valence-corrected chi connectivity index (χ3v) is 6.64. The lowest BCUT2D eigenvalue weighted by Gasteiger charge is -2.23. The largest absolute Gasteiger partial charge is 0.385 e. The van der Waals surface area contributed by atoms with Crippen molar-refractivity contribution in [2.75, 3.05) is 38.2 Å². The quantitative estimate of drug-likeness (QED) is 0.811. The van der Waals surface area contributed by atoms with Crippen LogP contribution in [0.3, 0.4) is 0 Å². The molecule has 2 rings (SSSR count). The Morgan fingerprint density at radius 1 is 1.35 bits per heavy atom. The highest BCUT2D eigenvalue weighted by Crippen LogP contribution is 2.28. The molecular weight excluding hydrogens is 336 g/mol. The first-order chi connectivity index (χ1) is 11.0. The van der Waals surface area contributed by atoms with Crippen LogP contribution in [-0.4, -0.2) is 45.6 Å². The number of anilines is 1. The fourth-order valence-electron chi connectivity index (χ4n) is 2.74. The standard InChI is InChI=1S/C16H25ClN2O3S/c1-3-19(4-2)23(20,21)16-10-14(7-8-15(16)17)18-11-13-6-5-9-22-12-13/h7-8,10,13,18H,3-6,9,11-12H2,1-2H3. The Morgan fingerprint density at radius 3 is 2.70 bits per heavy atom. The second-order valence-electron chi connectivity index (χ2n) is 5.70. The first-order valence-corrected chi connectivity index (χ1v) is 9.92. The molecule has 130 valence electrons. The Kier molecular flexibility index (Phi) is 6.71. The average Bonchev–Trinajstić information content (AvgIpc) is 2.55. The molecule has 1 saturated heterocycles. The predicted molar refractivity (Wildman–Crippen MR) is 93.6 cm³/mol. The van der Waals surface area contributed by atoms with E-state index < -0.39 is 10.0 Å². The van der Waals surface area contributed by atoms with Crippen molar-refractivity contribution in [1.29, 1.82) is 0 Å². The van der Waals surface area contributed by atoms with Gasteiger partial charge in [0, 0.05) is 31.9 Å². The van der Waals surface area contributed by atoms with E-state index in [1.807, 2.05) is 19.9 Å². The molecule has 1 aromatic carbocycles. The van der Waals surface area contributed by atoms with Gasteiger partial charge in [-0.25, -0.2) is 8.42 Å². The van der Waals surface area contributed by atoms with E-state index in [0.717, 1.165) is 38.3 Å². The number of rotatable bonds is 7. The van der Waals surface area contributed by atoms with Crippen molar-refractivity contribution >= 4 is 27.3 Å². The first-order valence-electron chi connectivity index (χ1n) is 8.10. The van der Waals surface area contributed by atoms with E-state index in [2.05, 4.69) is 5.32 Å². The van der Waals surface area contributed by atoms with E-state index in [4.69, 9.17) is 16.3 Å². The fourth-order valence-corrected chi connectivity index (χ4v) is 4.70. The van der Waals surface area contributed by atoms with Gasteiger partial charge in [0.25, 0.3) is 0 Å². The van der Waals surface area contributed by atoms with Crippen molar-refractivity contribution in [3.05, 3.63) is 23.2 Å². The molecule has 1 N–H and O–H groups in total. The van der Waals surface area contributed by atoms with Gasteiger partial charge in [-0.1, -0.05) is 25.4 Å². The van der Waals surface area contributed by atoms with Crippen molar-refractivity contribution in [1.82, 2.24) is 4.31 Å². The van der Waals surface area contributed by atoms with E-state index in [-0.39, 0.29) is 9.92 Å². The topological polar surface area (TPSA) is 58.6 Å². The molecule has 1 atom stereocenters. The van der Waals surface area contributed by atoms with E-state index in [1.165, 1.54) is 4.31 Å². The lowest BCUT2D eigenvalue weighted by Crippen LogP contribution is -2.31. The zero-order valence-corrected chi connectivity index (χ0v) is 15.3. The summed E-state index contributed by atoms with van der Waals surface area (Å²) in [7, 11) is -3.56. The summed E-state index contributed by atoms with van der Waals surface area (Å²) in [4.78, 5) is 0.160. The van der Waals surface area contributed by atoms with E-state index >= 15 is 0 Å². The van der Waals surface area contributed by atoms with Gasteiger partial charge >= 0.3 is 0 Å². The minimum Gasteiger partial charge on any atom is -0.385 e. The van der Waals surface area contributed by atoms with Crippen molar-refractivity contribution in [3.63, 3.8) is 0 Å². The molecule has 1 aromatic rings. The number of halogens is 1. The Labute approximate surface area is 144 Å². The second kappa shape index (κ2) is 8.33. The normalized spacial score (nSPS) is 19.0. The summed E-state index contributed by atoms with van der Waals surface area (Å²) < 4.78 is 32.2. The summed E-state index contributed by atoms with van der Waals surface area (Å²) >= 11 is 6.13. The number of ether oxygens (including phenoxy) is 1. The third kappa shape index (κ3) is 4.59. The smallest absolute Gasteiger partial charge is 0.244 e. The minimum atomic E-state index is -3.56. The van der Waals surface area contributed by atoms with E-state index in [0.29, 0.717) is 19.0 Å². The number of nitrogens with zero attached hydrogens (tertiary/aromatic N) is 1. The average molecular weight is 361 g/mol. The van der Waals surface area contributed by atoms with Gasteiger partial charge in [-0.3, -0.25) is 0 Å². The molecule has 1 fully saturated rings. The molecule has 0 radical (unpaired) electrons. The molecular formula is C16H25ClN2O3S. The van der Waals surface area contributed by atoms with Crippen LogP contribution in [0, 0.1) is 5.92 Å². The SMILES string of the molecule is CCN(CC)S(=O)(=O)c1cc(NCC2CCCOC2)ccc1Cl. The van der Waals surface area contributed by atoms with Crippen LogP contribution >= 0.6 is 11.6 Å². The molecule has 1 heterocycles. The molecule has 1 aliphatic rings. The molecule has 0 saturated carbocycles. The van der Waals surface area contributed by atoms with Crippen molar-refractivity contribution in [3.8, 4) is 0 Å². The summed E-state index contributed by atoms with van der Waals surface area (Å²) in [5.74, 6) is 0.460. The molecule has 5 nitrogen and oxygen atoms in total. The second-order valence-corrected chi connectivity index (χ2v) is 8.01. The maximum Gasteiger partial charge on any atom is 0.244 e. The maximum atomic E-state index is 12.7. The predicted octanol–water partition coefficient (Wildman–Crippen LogP) is 3.21.